The number of nitrogens with zero attached hydrogens (tertiary/aromatic N) is 1. The SMILES string of the molecule is CC(C)(C)CC(Nc1nc2ccccc2s1)C(=O)O. The fourth-order valence-corrected chi connectivity index (χ4v) is 2.81. The van der Waals surface area contributed by atoms with Gasteiger partial charge in [-0.05, 0) is 24.0 Å². The normalized spacial score (nSPS) is 13.4. The molecule has 1 aromatic carbocycles. The van der Waals surface area contributed by atoms with Crippen molar-refractivity contribution < 1.29 is 9.90 Å². The van der Waals surface area contributed by atoms with Gasteiger partial charge in [0.1, 0.15) is 6.04 Å². The average Bonchev–Trinajstić information content (AvgIpc) is 2.68. The third-order valence-corrected chi connectivity index (χ3v) is 3.67. The van der Waals surface area contributed by atoms with Gasteiger partial charge >= 0.3 is 5.97 Å². The van der Waals surface area contributed by atoms with Crippen LogP contribution in [0.5, 0.6) is 0 Å². The van der Waals surface area contributed by atoms with E-state index < -0.39 is 12.0 Å². The third kappa shape index (κ3) is 3.67. The zero-order chi connectivity index (χ0) is 14.0. The van der Waals surface area contributed by atoms with E-state index in [4.69, 9.17) is 0 Å². The Labute approximate surface area is 116 Å². The van der Waals surface area contributed by atoms with Crippen molar-refractivity contribution in [2.24, 2.45) is 5.41 Å². The second-order valence-corrected chi connectivity index (χ2v) is 6.82. The Morgan fingerprint density at radius 2 is 2.11 bits per heavy atom. The number of thiazole rings is 1. The molecule has 0 amide bonds. The van der Waals surface area contributed by atoms with Gasteiger partial charge in [-0.1, -0.05) is 44.2 Å². The van der Waals surface area contributed by atoms with Crippen molar-refractivity contribution in [3.8, 4) is 0 Å². The van der Waals surface area contributed by atoms with Crippen LogP contribution in [0.25, 0.3) is 10.2 Å². The van der Waals surface area contributed by atoms with E-state index in [2.05, 4.69) is 10.3 Å². The highest BCUT2D eigenvalue weighted by Crippen LogP contribution is 2.28. The predicted octanol–water partition coefficient (Wildman–Crippen LogP) is 3.60. The maximum atomic E-state index is 11.3. The molecular formula is C14H18N2O2S. The van der Waals surface area contributed by atoms with E-state index in [-0.39, 0.29) is 5.41 Å². The van der Waals surface area contributed by atoms with E-state index in [0.717, 1.165) is 10.2 Å². The average molecular weight is 278 g/mol. The highest BCUT2D eigenvalue weighted by atomic mass is 32.1. The molecule has 5 heteroatoms. The van der Waals surface area contributed by atoms with Crippen molar-refractivity contribution in [3.63, 3.8) is 0 Å². The molecule has 1 heterocycles. The van der Waals surface area contributed by atoms with Gasteiger partial charge in [0.25, 0.3) is 0 Å². The second-order valence-electron chi connectivity index (χ2n) is 5.79. The molecule has 102 valence electrons. The number of hydrogen-bond acceptors (Lipinski definition) is 4. The van der Waals surface area contributed by atoms with Crippen LogP contribution in [0.3, 0.4) is 0 Å². The van der Waals surface area contributed by atoms with Crippen LogP contribution < -0.4 is 5.32 Å². The molecular weight excluding hydrogens is 260 g/mol. The smallest absolute Gasteiger partial charge is 0.326 e. The standard InChI is InChI=1S/C14H18N2O2S/c1-14(2,3)8-10(12(17)18)16-13-15-9-6-4-5-7-11(9)19-13/h4-7,10H,8H2,1-3H3,(H,15,16)(H,17,18). The topological polar surface area (TPSA) is 62.2 Å². The summed E-state index contributed by atoms with van der Waals surface area (Å²) in [5.74, 6) is -0.839. The van der Waals surface area contributed by atoms with E-state index in [1.165, 1.54) is 11.3 Å². The summed E-state index contributed by atoms with van der Waals surface area (Å²) in [4.78, 5) is 15.7. The lowest BCUT2D eigenvalue weighted by molar-refractivity contribution is -0.138. The molecule has 1 atom stereocenters. The minimum atomic E-state index is -0.839. The van der Waals surface area contributed by atoms with Crippen molar-refractivity contribution in [3.05, 3.63) is 24.3 Å². The number of carbonyl (C=O) groups is 1. The number of carboxylic acid groups (broad SMARTS) is 1. The quantitative estimate of drug-likeness (QED) is 0.897. The minimum Gasteiger partial charge on any atom is -0.480 e. The fraction of sp³-hybridized carbons (Fsp3) is 0.429. The van der Waals surface area contributed by atoms with Gasteiger partial charge in [0.15, 0.2) is 5.13 Å². The van der Waals surface area contributed by atoms with Crippen LogP contribution >= 0.6 is 11.3 Å². The lowest BCUT2D eigenvalue weighted by Gasteiger charge is -2.23. The van der Waals surface area contributed by atoms with E-state index >= 15 is 0 Å². The highest BCUT2D eigenvalue weighted by Gasteiger charge is 2.25. The molecule has 19 heavy (non-hydrogen) atoms. The molecule has 0 aliphatic carbocycles. The van der Waals surface area contributed by atoms with Crippen LogP contribution in [-0.2, 0) is 4.79 Å². The van der Waals surface area contributed by atoms with Gasteiger partial charge < -0.3 is 10.4 Å². The maximum Gasteiger partial charge on any atom is 0.326 e. The summed E-state index contributed by atoms with van der Waals surface area (Å²) in [6.45, 7) is 6.09. The van der Waals surface area contributed by atoms with E-state index in [0.29, 0.717) is 11.6 Å². The zero-order valence-electron chi connectivity index (χ0n) is 11.3. The summed E-state index contributed by atoms with van der Waals surface area (Å²) in [5, 5.41) is 13.0. The Morgan fingerprint density at radius 3 is 2.68 bits per heavy atom. The Balaban J connectivity index is 2.19. The first kappa shape index (κ1) is 13.8. The van der Waals surface area contributed by atoms with Crippen molar-refractivity contribution >= 4 is 32.7 Å². The van der Waals surface area contributed by atoms with Crippen LogP contribution in [0.15, 0.2) is 24.3 Å². The molecule has 0 saturated heterocycles. The fourth-order valence-electron chi connectivity index (χ4n) is 1.90. The molecule has 2 aromatic rings. The minimum absolute atomic E-state index is 0.0489. The number of benzene rings is 1. The van der Waals surface area contributed by atoms with Crippen LogP contribution in [0.4, 0.5) is 5.13 Å². The molecule has 0 fully saturated rings. The van der Waals surface area contributed by atoms with Crippen LogP contribution in [0, 0.1) is 5.41 Å². The number of anilines is 1. The Bertz CT molecular complexity index is 553. The third-order valence-electron chi connectivity index (χ3n) is 2.71. The van der Waals surface area contributed by atoms with Gasteiger partial charge in [-0.2, -0.15) is 0 Å². The lowest BCUT2D eigenvalue weighted by atomic mass is 9.88. The number of rotatable bonds is 4. The Kier molecular flexibility index (Phi) is 3.75. The number of nitrogens with one attached hydrogen (secondary N) is 1. The van der Waals surface area contributed by atoms with E-state index in [9.17, 15) is 9.90 Å². The summed E-state index contributed by atoms with van der Waals surface area (Å²) < 4.78 is 1.06. The predicted molar refractivity (Wildman–Crippen MR) is 78.7 cm³/mol. The highest BCUT2D eigenvalue weighted by molar-refractivity contribution is 7.22. The first-order valence-electron chi connectivity index (χ1n) is 6.20. The molecule has 2 rings (SSSR count). The first-order valence-corrected chi connectivity index (χ1v) is 7.02. The van der Waals surface area contributed by atoms with Gasteiger partial charge in [0.05, 0.1) is 10.2 Å². The Morgan fingerprint density at radius 1 is 1.42 bits per heavy atom. The van der Waals surface area contributed by atoms with Crippen LogP contribution in [-0.4, -0.2) is 22.1 Å². The number of hydrogen-bond donors (Lipinski definition) is 2. The number of aliphatic carboxylic acids is 1. The number of para-hydroxylation sites is 1. The lowest BCUT2D eigenvalue weighted by Crippen LogP contribution is -2.33. The van der Waals surface area contributed by atoms with Gasteiger partial charge in [0, 0.05) is 0 Å². The zero-order valence-corrected chi connectivity index (χ0v) is 12.1. The molecule has 2 N–H and O–H groups in total. The monoisotopic (exact) mass is 278 g/mol. The van der Waals surface area contributed by atoms with Crippen molar-refractivity contribution in [2.75, 3.05) is 5.32 Å². The first-order chi connectivity index (χ1) is 8.85. The van der Waals surface area contributed by atoms with Crippen molar-refractivity contribution in [1.29, 1.82) is 0 Å². The Hall–Kier alpha value is -1.62. The summed E-state index contributed by atoms with van der Waals surface area (Å²) in [5.41, 5.74) is 0.849. The van der Waals surface area contributed by atoms with E-state index in [1.54, 1.807) is 0 Å². The molecule has 1 aromatic heterocycles. The number of fused-ring (bicyclic) bond motifs is 1. The van der Waals surface area contributed by atoms with Gasteiger partial charge in [0.2, 0.25) is 0 Å². The van der Waals surface area contributed by atoms with Gasteiger partial charge in [-0.15, -0.1) is 0 Å². The van der Waals surface area contributed by atoms with Gasteiger partial charge in [-0.25, -0.2) is 9.78 Å². The van der Waals surface area contributed by atoms with E-state index in [1.807, 2.05) is 45.0 Å². The number of carboxylic acids is 1. The molecule has 0 saturated carbocycles. The molecule has 0 bridgehead atoms. The maximum absolute atomic E-state index is 11.3. The van der Waals surface area contributed by atoms with Crippen molar-refractivity contribution in [1.82, 2.24) is 4.98 Å². The molecule has 0 aliphatic rings. The molecule has 0 aliphatic heterocycles. The largest absolute Gasteiger partial charge is 0.480 e. The summed E-state index contributed by atoms with van der Waals surface area (Å²) >= 11 is 1.48. The summed E-state index contributed by atoms with van der Waals surface area (Å²) in [7, 11) is 0. The van der Waals surface area contributed by atoms with Crippen LogP contribution in [0.1, 0.15) is 27.2 Å². The summed E-state index contributed by atoms with van der Waals surface area (Å²) in [6, 6.07) is 7.18. The number of aromatic nitrogens is 1. The molecule has 0 radical (unpaired) electrons. The summed E-state index contributed by atoms with van der Waals surface area (Å²) in [6.07, 6.45) is 0.554. The van der Waals surface area contributed by atoms with Gasteiger partial charge in [-0.3, -0.25) is 0 Å². The van der Waals surface area contributed by atoms with Crippen molar-refractivity contribution in [2.45, 2.75) is 33.2 Å². The second kappa shape index (κ2) is 5.17. The molecule has 0 spiro atoms. The molecule has 1 unspecified atom stereocenters. The molecule has 4 nitrogen and oxygen atoms in total. The van der Waals surface area contributed by atoms with Crippen LogP contribution in [0.2, 0.25) is 0 Å².